The smallest absolute Gasteiger partial charge is 0.318 e. The number of hydrogen-bond donors (Lipinski definition) is 0. The second kappa shape index (κ2) is 7.60. The summed E-state index contributed by atoms with van der Waals surface area (Å²) in [6, 6.07) is 8.80. The molecule has 1 aromatic rings. The number of esters is 1. The Morgan fingerprint density at radius 3 is 2.47 bits per heavy atom. The quantitative estimate of drug-likeness (QED) is 0.315. The number of para-hydroxylation sites is 1. The van der Waals surface area contributed by atoms with Crippen LogP contribution in [-0.2, 0) is 9.59 Å². The van der Waals surface area contributed by atoms with E-state index in [1.165, 1.54) is 0 Å². The van der Waals surface area contributed by atoms with Gasteiger partial charge in [0, 0.05) is 6.42 Å². The van der Waals surface area contributed by atoms with Crippen molar-refractivity contribution in [2.45, 2.75) is 39.0 Å². The Labute approximate surface area is 102 Å². The number of hydrogen-bond acceptors (Lipinski definition) is 3. The predicted molar refractivity (Wildman–Crippen MR) is 65.8 cm³/mol. The van der Waals surface area contributed by atoms with E-state index in [1.54, 1.807) is 24.3 Å². The van der Waals surface area contributed by atoms with Crippen molar-refractivity contribution >= 4 is 11.8 Å². The number of benzene rings is 1. The number of carbonyl (C=O) groups is 2. The third-order valence-electron chi connectivity index (χ3n) is 2.38. The Morgan fingerprint density at radius 2 is 1.82 bits per heavy atom. The molecule has 0 fully saturated rings. The van der Waals surface area contributed by atoms with Gasteiger partial charge in [0.2, 0.25) is 0 Å². The van der Waals surface area contributed by atoms with E-state index in [0.717, 1.165) is 19.3 Å². The van der Waals surface area contributed by atoms with Crippen molar-refractivity contribution in [3.63, 3.8) is 0 Å². The van der Waals surface area contributed by atoms with Crippen LogP contribution in [0.15, 0.2) is 30.3 Å². The molecule has 0 heterocycles. The molecule has 0 saturated heterocycles. The van der Waals surface area contributed by atoms with E-state index >= 15 is 0 Å². The summed E-state index contributed by atoms with van der Waals surface area (Å²) in [7, 11) is 0. The predicted octanol–water partition coefficient (Wildman–Crippen LogP) is 3.13. The molecular weight excluding hydrogens is 216 g/mol. The summed E-state index contributed by atoms with van der Waals surface area (Å²) >= 11 is 0. The molecule has 3 nitrogen and oxygen atoms in total. The number of ketones is 1. The van der Waals surface area contributed by atoms with E-state index in [2.05, 4.69) is 6.92 Å². The maximum atomic E-state index is 11.4. The number of carbonyl (C=O) groups excluding carboxylic acids is 2. The number of Topliss-reactive ketones (excluding diaryl/α,β-unsaturated/α-hetero) is 1. The highest BCUT2D eigenvalue weighted by molar-refractivity contribution is 5.96. The SMILES string of the molecule is CCCCCC(=O)CC(=O)Oc1ccccc1. The van der Waals surface area contributed by atoms with Crippen LogP contribution in [0.5, 0.6) is 5.75 Å². The Bertz CT molecular complexity index is 357. The lowest BCUT2D eigenvalue weighted by molar-refractivity contribution is -0.138. The largest absolute Gasteiger partial charge is 0.426 e. The van der Waals surface area contributed by atoms with Gasteiger partial charge in [0.05, 0.1) is 0 Å². The highest BCUT2D eigenvalue weighted by Gasteiger charge is 2.11. The molecule has 1 rings (SSSR count). The van der Waals surface area contributed by atoms with Gasteiger partial charge in [-0.1, -0.05) is 38.0 Å². The standard InChI is InChI=1S/C14H18O3/c1-2-3-5-8-12(15)11-14(16)17-13-9-6-4-7-10-13/h4,6-7,9-10H,2-3,5,8,11H2,1H3. The maximum Gasteiger partial charge on any atom is 0.318 e. The first-order valence-corrected chi connectivity index (χ1v) is 5.99. The van der Waals surface area contributed by atoms with Gasteiger partial charge in [-0.15, -0.1) is 0 Å². The lowest BCUT2D eigenvalue weighted by Crippen LogP contribution is -2.13. The zero-order chi connectivity index (χ0) is 12.5. The first-order chi connectivity index (χ1) is 8.22. The third kappa shape index (κ3) is 5.85. The average Bonchev–Trinajstić information content (AvgIpc) is 2.30. The van der Waals surface area contributed by atoms with Gasteiger partial charge in [-0.25, -0.2) is 0 Å². The summed E-state index contributed by atoms with van der Waals surface area (Å²) in [4.78, 5) is 22.8. The Hall–Kier alpha value is -1.64. The van der Waals surface area contributed by atoms with Gasteiger partial charge in [0.1, 0.15) is 18.0 Å². The van der Waals surface area contributed by atoms with Crippen molar-refractivity contribution in [3.05, 3.63) is 30.3 Å². The van der Waals surface area contributed by atoms with Crippen LogP contribution in [0.1, 0.15) is 39.0 Å². The second-order valence-electron chi connectivity index (χ2n) is 3.96. The highest BCUT2D eigenvalue weighted by atomic mass is 16.5. The van der Waals surface area contributed by atoms with Crippen LogP contribution in [-0.4, -0.2) is 11.8 Å². The Balaban J connectivity index is 2.27. The summed E-state index contributed by atoms with van der Waals surface area (Å²) in [6.45, 7) is 2.08. The van der Waals surface area contributed by atoms with E-state index in [-0.39, 0.29) is 12.2 Å². The highest BCUT2D eigenvalue weighted by Crippen LogP contribution is 2.10. The summed E-state index contributed by atoms with van der Waals surface area (Å²) in [5.74, 6) is -0.0315. The molecule has 0 aliphatic carbocycles. The molecule has 0 bridgehead atoms. The van der Waals surface area contributed by atoms with Crippen LogP contribution in [0.25, 0.3) is 0 Å². The molecule has 0 N–H and O–H groups in total. The normalized spacial score (nSPS) is 9.94. The molecule has 0 aliphatic heterocycles. The molecule has 0 spiro atoms. The van der Waals surface area contributed by atoms with Gasteiger partial charge in [-0.2, -0.15) is 0 Å². The molecule has 0 unspecified atom stereocenters. The molecule has 1 aromatic carbocycles. The molecule has 92 valence electrons. The monoisotopic (exact) mass is 234 g/mol. The number of unbranched alkanes of at least 4 members (excludes halogenated alkanes) is 2. The summed E-state index contributed by atoms with van der Waals surface area (Å²) in [6.07, 6.45) is 3.30. The van der Waals surface area contributed by atoms with Crippen LogP contribution in [0.2, 0.25) is 0 Å². The van der Waals surface area contributed by atoms with Crippen molar-refractivity contribution in [2.75, 3.05) is 0 Å². The Morgan fingerprint density at radius 1 is 1.12 bits per heavy atom. The molecule has 0 aromatic heterocycles. The van der Waals surface area contributed by atoms with Gasteiger partial charge >= 0.3 is 5.97 Å². The minimum absolute atomic E-state index is 0.0422. The second-order valence-corrected chi connectivity index (χ2v) is 3.96. The molecule has 0 atom stereocenters. The van der Waals surface area contributed by atoms with Crippen LogP contribution < -0.4 is 4.74 Å². The van der Waals surface area contributed by atoms with Crippen molar-refractivity contribution in [1.29, 1.82) is 0 Å². The van der Waals surface area contributed by atoms with Gasteiger partial charge in [-0.05, 0) is 18.6 Å². The van der Waals surface area contributed by atoms with Crippen LogP contribution in [0, 0.1) is 0 Å². The van der Waals surface area contributed by atoms with Crippen molar-refractivity contribution in [2.24, 2.45) is 0 Å². The summed E-state index contributed by atoms with van der Waals surface area (Å²) in [5, 5.41) is 0. The molecule has 0 aliphatic rings. The molecule has 0 amide bonds. The summed E-state index contributed by atoms with van der Waals surface area (Å²) < 4.78 is 5.03. The van der Waals surface area contributed by atoms with E-state index < -0.39 is 5.97 Å². The van der Waals surface area contributed by atoms with E-state index in [0.29, 0.717) is 12.2 Å². The van der Waals surface area contributed by atoms with Crippen molar-refractivity contribution in [3.8, 4) is 5.75 Å². The zero-order valence-electron chi connectivity index (χ0n) is 10.1. The van der Waals surface area contributed by atoms with E-state index in [1.807, 2.05) is 6.07 Å². The topological polar surface area (TPSA) is 43.4 Å². The molecule has 17 heavy (non-hydrogen) atoms. The van der Waals surface area contributed by atoms with Crippen molar-refractivity contribution in [1.82, 2.24) is 0 Å². The lowest BCUT2D eigenvalue weighted by atomic mass is 10.1. The minimum Gasteiger partial charge on any atom is -0.426 e. The first kappa shape index (κ1) is 13.4. The number of rotatable bonds is 7. The van der Waals surface area contributed by atoms with Gasteiger partial charge in [0.25, 0.3) is 0 Å². The van der Waals surface area contributed by atoms with E-state index in [4.69, 9.17) is 4.74 Å². The van der Waals surface area contributed by atoms with Crippen LogP contribution in [0.4, 0.5) is 0 Å². The lowest BCUT2D eigenvalue weighted by Gasteiger charge is -2.03. The molecule has 0 radical (unpaired) electrons. The van der Waals surface area contributed by atoms with Gasteiger partial charge in [0.15, 0.2) is 0 Å². The average molecular weight is 234 g/mol. The molecular formula is C14H18O3. The van der Waals surface area contributed by atoms with Gasteiger partial charge < -0.3 is 4.74 Å². The molecule has 3 heteroatoms. The third-order valence-corrected chi connectivity index (χ3v) is 2.38. The van der Waals surface area contributed by atoms with E-state index in [9.17, 15) is 9.59 Å². The first-order valence-electron chi connectivity index (χ1n) is 5.99. The van der Waals surface area contributed by atoms with Crippen LogP contribution in [0.3, 0.4) is 0 Å². The fourth-order valence-electron chi connectivity index (χ4n) is 1.48. The fraction of sp³-hybridized carbons (Fsp3) is 0.429. The summed E-state index contributed by atoms with van der Waals surface area (Å²) in [5.41, 5.74) is 0. The molecule has 0 saturated carbocycles. The number of ether oxygens (including phenoxy) is 1. The van der Waals surface area contributed by atoms with Gasteiger partial charge in [-0.3, -0.25) is 9.59 Å². The zero-order valence-corrected chi connectivity index (χ0v) is 10.1. The Kier molecular flexibility index (Phi) is 6.00. The fourth-order valence-corrected chi connectivity index (χ4v) is 1.48. The van der Waals surface area contributed by atoms with Crippen molar-refractivity contribution < 1.29 is 14.3 Å². The maximum absolute atomic E-state index is 11.4. The minimum atomic E-state index is -0.474. The van der Waals surface area contributed by atoms with Crippen LogP contribution >= 0.6 is 0 Å².